The molecule has 0 radical (unpaired) electrons. The van der Waals surface area contributed by atoms with Crippen LogP contribution in [0.5, 0.6) is 0 Å². The minimum atomic E-state index is -0.182. The number of para-hydroxylation sites is 2. The molecule has 22 heavy (non-hydrogen) atoms. The average molecular weight is 301 g/mol. The van der Waals surface area contributed by atoms with Gasteiger partial charge in [-0.15, -0.1) is 0 Å². The highest BCUT2D eigenvalue weighted by molar-refractivity contribution is 5.99. The van der Waals surface area contributed by atoms with Gasteiger partial charge in [-0.1, -0.05) is 12.1 Å². The number of hydrogen-bond acceptors (Lipinski definition) is 4. The molecular weight excluding hydrogens is 282 g/mol. The summed E-state index contributed by atoms with van der Waals surface area (Å²) < 4.78 is 0. The van der Waals surface area contributed by atoms with E-state index in [0.29, 0.717) is 17.9 Å². The minimum absolute atomic E-state index is 0.153. The van der Waals surface area contributed by atoms with Crippen molar-refractivity contribution in [3.8, 4) is 0 Å². The summed E-state index contributed by atoms with van der Waals surface area (Å²) in [6.07, 6.45) is 1.67. The Balaban J connectivity index is 1.93. The van der Waals surface area contributed by atoms with E-state index in [1.807, 2.05) is 18.0 Å². The van der Waals surface area contributed by atoms with Crippen molar-refractivity contribution in [2.45, 2.75) is 13.5 Å². The molecule has 2 rings (SSSR count). The number of rotatable bonds is 6. The molecule has 1 heterocycles. The second-order valence-corrected chi connectivity index (χ2v) is 5.03. The quantitative estimate of drug-likeness (QED) is 0.753. The van der Waals surface area contributed by atoms with Crippen molar-refractivity contribution in [1.29, 1.82) is 0 Å². The van der Waals surface area contributed by atoms with Gasteiger partial charge < -0.3 is 10.6 Å². The third-order valence-corrected chi connectivity index (χ3v) is 2.92. The van der Waals surface area contributed by atoms with Crippen LogP contribution in [0.15, 0.2) is 36.5 Å². The molecule has 0 aliphatic rings. The fourth-order valence-corrected chi connectivity index (χ4v) is 2.05. The molecular formula is C15H19N5O2. The maximum absolute atomic E-state index is 12.1. The second kappa shape index (κ2) is 7.37. The van der Waals surface area contributed by atoms with Crippen LogP contribution in [0.25, 0.3) is 0 Å². The molecule has 0 bridgehead atoms. The Morgan fingerprint density at radius 2 is 1.86 bits per heavy atom. The lowest BCUT2D eigenvalue weighted by molar-refractivity contribution is -0.117. The van der Waals surface area contributed by atoms with Crippen molar-refractivity contribution in [2.24, 2.45) is 0 Å². The van der Waals surface area contributed by atoms with Crippen LogP contribution in [-0.4, -0.2) is 40.5 Å². The van der Waals surface area contributed by atoms with Crippen molar-refractivity contribution < 1.29 is 9.59 Å². The highest BCUT2D eigenvalue weighted by Gasteiger charge is 2.10. The number of anilines is 2. The molecule has 1 aromatic carbocycles. The van der Waals surface area contributed by atoms with E-state index in [9.17, 15) is 9.59 Å². The normalized spacial score (nSPS) is 10.5. The maximum Gasteiger partial charge on any atom is 0.238 e. The summed E-state index contributed by atoms with van der Waals surface area (Å²) in [5, 5.41) is 12.2. The molecule has 0 unspecified atom stereocenters. The fraction of sp³-hybridized carbons (Fsp3) is 0.267. The zero-order valence-electron chi connectivity index (χ0n) is 12.6. The molecule has 0 fully saturated rings. The van der Waals surface area contributed by atoms with Gasteiger partial charge in [0.25, 0.3) is 0 Å². The number of hydrogen-bond donors (Lipinski definition) is 3. The topological polar surface area (TPSA) is 90.1 Å². The monoisotopic (exact) mass is 301 g/mol. The number of benzene rings is 1. The first-order valence-electron chi connectivity index (χ1n) is 6.88. The molecule has 7 heteroatoms. The van der Waals surface area contributed by atoms with Crippen molar-refractivity contribution in [3.63, 3.8) is 0 Å². The van der Waals surface area contributed by atoms with Gasteiger partial charge in [0.15, 0.2) is 0 Å². The molecule has 0 aliphatic heterocycles. The number of nitrogens with one attached hydrogen (secondary N) is 3. The zero-order chi connectivity index (χ0) is 15.9. The van der Waals surface area contributed by atoms with Crippen LogP contribution in [0.2, 0.25) is 0 Å². The molecule has 0 saturated heterocycles. The van der Waals surface area contributed by atoms with Gasteiger partial charge >= 0.3 is 0 Å². The number of aromatic amines is 1. The molecule has 7 nitrogen and oxygen atoms in total. The largest absolute Gasteiger partial charge is 0.325 e. The van der Waals surface area contributed by atoms with Gasteiger partial charge in [-0.05, 0) is 25.2 Å². The lowest BCUT2D eigenvalue weighted by atomic mass is 10.2. The van der Waals surface area contributed by atoms with Gasteiger partial charge in [-0.2, -0.15) is 5.10 Å². The van der Waals surface area contributed by atoms with Crippen LogP contribution in [0.1, 0.15) is 12.6 Å². The van der Waals surface area contributed by atoms with E-state index in [1.54, 1.807) is 30.5 Å². The first-order chi connectivity index (χ1) is 10.5. The number of aromatic nitrogens is 2. The van der Waals surface area contributed by atoms with Crippen LogP contribution in [0, 0.1) is 0 Å². The van der Waals surface area contributed by atoms with Gasteiger partial charge in [0.05, 0.1) is 17.9 Å². The summed E-state index contributed by atoms with van der Waals surface area (Å²) in [5.41, 5.74) is 2.10. The van der Waals surface area contributed by atoms with Gasteiger partial charge in [-0.3, -0.25) is 19.6 Å². The van der Waals surface area contributed by atoms with Crippen molar-refractivity contribution in [1.82, 2.24) is 15.1 Å². The third kappa shape index (κ3) is 4.71. The molecule has 0 atom stereocenters. The van der Waals surface area contributed by atoms with Crippen molar-refractivity contribution in [3.05, 3.63) is 42.2 Å². The van der Waals surface area contributed by atoms with E-state index in [-0.39, 0.29) is 18.4 Å². The summed E-state index contributed by atoms with van der Waals surface area (Å²) in [4.78, 5) is 25.1. The van der Waals surface area contributed by atoms with Crippen LogP contribution in [0.4, 0.5) is 11.4 Å². The molecule has 0 saturated carbocycles. The van der Waals surface area contributed by atoms with Crippen LogP contribution in [0.3, 0.4) is 0 Å². The number of carbonyl (C=O) groups excluding carboxylic acids is 2. The lowest BCUT2D eigenvalue weighted by Crippen LogP contribution is -2.30. The van der Waals surface area contributed by atoms with E-state index in [4.69, 9.17) is 0 Å². The Bertz CT molecular complexity index is 639. The number of amides is 2. The predicted molar refractivity (Wildman–Crippen MR) is 84.3 cm³/mol. The highest BCUT2D eigenvalue weighted by atomic mass is 16.2. The molecule has 2 aromatic rings. The van der Waals surface area contributed by atoms with Crippen LogP contribution >= 0.6 is 0 Å². The van der Waals surface area contributed by atoms with E-state index in [0.717, 1.165) is 5.69 Å². The van der Waals surface area contributed by atoms with Crippen LogP contribution in [-0.2, 0) is 16.1 Å². The summed E-state index contributed by atoms with van der Waals surface area (Å²) in [6, 6.07) is 8.95. The molecule has 3 N–H and O–H groups in total. The first kappa shape index (κ1) is 15.7. The van der Waals surface area contributed by atoms with Gasteiger partial charge in [0, 0.05) is 25.4 Å². The number of H-pyrrole nitrogens is 1. The Labute approximate surface area is 128 Å². The summed E-state index contributed by atoms with van der Waals surface area (Å²) in [5.74, 6) is -0.335. The molecule has 0 aliphatic carbocycles. The summed E-state index contributed by atoms with van der Waals surface area (Å²) in [6.45, 7) is 2.25. The Morgan fingerprint density at radius 3 is 2.45 bits per heavy atom. The third-order valence-electron chi connectivity index (χ3n) is 2.92. The van der Waals surface area contributed by atoms with Gasteiger partial charge in [-0.25, -0.2) is 0 Å². The Hall–Kier alpha value is -2.67. The number of carbonyl (C=O) groups is 2. The molecule has 1 aromatic heterocycles. The summed E-state index contributed by atoms with van der Waals surface area (Å²) in [7, 11) is 1.85. The first-order valence-corrected chi connectivity index (χ1v) is 6.88. The molecule has 116 valence electrons. The standard InChI is InChI=1S/C15H19N5O2/c1-11(21)17-13-5-3-4-6-14(13)18-15(22)10-20(2)9-12-7-8-16-19-12/h3-8H,9-10H2,1-2H3,(H,16,19)(H,17,21)(H,18,22). The minimum Gasteiger partial charge on any atom is -0.325 e. The fourth-order valence-electron chi connectivity index (χ4n) is 2.05. The second-order valence-electron chi connectivity index (χ2n) is 5.03. The number of nitrogens with zero attached hydrogens (tertiary/aromatic N) is 2. The van der Waals surface area contributed by atoms with E-state index >= 15 is 0 Å². The summed E-state index contributed by atoms with van der Waals surface area (Å²) >= 11 is 0. The highest BCUT2D eigenvalue weighted by Crippen LogP contribution is 2.20. The van der Waals surface area contributed by atoms with E-state index in [1.165, 1.54) is 6.92 Å². The average Bonchev–Trinajstić information content (AvgIpc) is 2.93. The van der Waals surface area contributed by atoms with Gasteiger partial charge in [0.1, 0.15) is 0 Å². The zero-order valence-corrected chi connectivity index (χ0v) is 12.6. The van der Waals surface area contributed by atoms with Crippen molar-refractivity contribution >= 4 is 23.2 Å². The molecule has 2 amide bonds. The Morgan fingerprint density at radius 1 is 1.18 bits per heavy atom. The number of likely N-dealkylation sites (N-methyl/N-ethyl adjacent to an activating group) is 1. The smallest absolute Gasteiger partial charge is 0.238 e. The Kier molecular flexibility index (Phi) is 5.26. The molecule has 0 spiro atoms. The van der Waals surface area contributed by atoms with Crippen molar-refractivity contribution in [2.75, 3.05) is 24.2 Å². The van der Waals surface area contributed by atoms with E-state index < -0.39 is 0 Å². The lowest BCUT2D eigenvalue weighted by Gasteiger charge is -2.16. The van der Waals surface area contributed by atoms with E-state index in [2.05, 4.69) is 20.8 Å². The SMILES string of the molecule is CC(=O)Nc1ccccc1NC(=O)CN(C)Cc1ccn[nH]1. The maximum atomic E-state index is 12.1. The van der Waals surface area contributed by atoms with Crippen LogP contribution < -0.4 is 10.6 Å². The predicted octanol–water partition coefficient (Wildman–Crippen LogP) is 1.44. The van der Waals surface area contributed by atoms with Gasteiger partial charge in [0.2, 0.25) is 11.8 Å².